The summed E-state index contributed by atoms with van der Waals surface area (Å²) >= 11 is 0. The lowest BCUT2D eigenvalue weighted by atomic mass is 10.1. The van der Waals surface area contributed by atoms with Crippen LogP contribution in [0.25, 0.3) is 0 Å². The number of nitrogens with zero attached hydrogens (tertiary/aromatic N) is 2. The number of nitro groups is 1. The highest BCUT2D eigenvalue weighted by Crippen LogP contribution is 2.21. The van der Waals surface area contributed by atoms with Crippen molar-refractivity contribution in [1.82, 2.24) is 4.98 Å². The summed E-state index contributed by atoms with van der Waals surface area (Å²) in [6.45, 7) is 1.89. The number of aromatic nitrogens is 1. The van der Waals surface area contributed by atoms with E-state index in [1.807, 2.05) is 6.92 Å². The average Bonchev–Trinajstić information content (AvgIpc) is 2.47. The first kappa shape index (κ1) is 15.9. The smallest absolute Gasteiger partial charge is 0.287 e. The summed E-state index contributed by atoms with van der Waals surface area (Å²) < 4.78 is 22.8. The molecule has 116 valence electrons. The second kappa shape index (κ2) is 6.10. The Kier molecular flexibility index (Phi) is 4.41. The Bertz CT molecular complexity index is 771. The van der Waals surface area contributed by atoms with Crippen LogP contribution in [0.2, 0.25) is 0 Å². The Balaban J connectivity index is 2.11. The van der Waals surface area contributed by atoms with Crippen LogP contribution in [0, 0.1) is 10.1 Å². The first-order valence-electron chi connectivity index (χ1n) is 6.44. The largest absolute Gasteiger partial charge is 0.364 e. The van der Waals surface area contributed by atoms with E-state index in [0.717, 1.165) is 11.8 Å². The fourth-order valence-corrected chi connectivity index (χ4v) is 2.52. The third kappa shape index (κ3) is 3.79. The zero-order chi connectivity index (χ0) is 16.3. The fourth-order valence-electron chi connectivity index (χ4n) is 1.89. The zero-order valence-electron chi connectivity index (χ0n) is 12.1. The standard InChI is InChI=1S/C14H15N3O4S/c1-10(11-3-6-13(7-4-11)22(2,20)21)16-14-8-5-12(9-15-14)17(18)19/h3-10H,1-2H3,(H,15,16)/t10-/m1/s1. The predicted octanol–water partition coefficient (Wildman–Crippen LogP) is 2.57. The molecule has 0 fully saturated rings. The molecule has 2 rings (SSSR count). The normalized spacial score (nSPS) is 12.6. The predicted molar refractivity (Wildman–Crippen MR) is 82.5 cm³/mol. The highest BCUT2D eigenvalue weighted by atomic mass is 32.2. The van der Waals surface area contributed by atoms with E-state index in [0.29, 0.717) is 5.82 Å². The van der Waals surface area contributed by atoms with E-state index in [9.17, 15) is 18.5 Å². The molecule has 0 saturated heterocycles. The van der Waals surface area contributed by atoms with Crippen LogP contribution in [0.5, 0.6) is 0 Å². The molecule has 0 spiro atoms. The third-order valence-electron chi connectivity index (χ3n) is 3.13. The van der Waals surface area contributed by atoms with Gasteiger partial charge in [-0.05, 0) is 30.7 Å². The third-order valence-corrected chi connectivity index (χ3v) is 4.26. The molecule has 2 aromatic rings. The zero-order valence-corrected chi connectivity index (χ0v) is 12.9. The Morgan fingerprint density at radius 2 is 1.82 bits per heavy atom. The maximum atomic E-state index is 11.4. The molecule has 1 heterocycles. The van der Waals surface area contributed by atoms with Crippen LogP contribution in [-0.2, 0) is 9.84 Å². The van der Waals surface area contributed by atoms with Gasteiger partial charge in [0, 0.05) is 18.4 Å². The van der Waals surface area contributed by atoms with Gasteiger partial charge in [0.25, 0.3) is 5.69 Å². The van der Waals surface area contributed by atoms with E-state index in [2.05, 4.69) is 10.3 Å². The van der Waals surface area contributed by atoms with Gasteiger partial charge in [0.15, 0.2) is 9.84 Å². The topological polar surface area (TPSA) is 102 Å². The van der Waals surface area contributed by atoms with E-state index >= 15 is 0 Å². The summed E-state index contributed by atoms with van der Waals surface area (Å²) in [6, 6.07) is 9.31. The molecule has 1 N–H and O–H groups in total. The number of benzene rings is 1. The molecule has 7 nitrogen and oxygen atoms in total. The number of rotatable bonds is 5. The van der Waals surface area contributed by atoms with Crippen LogP contribution in [0.4, 0.5) is 11.5 Å². The average molecular weight is 321 g/mol. The lowest BCUT2D eigenvalue weighted by molar-refractivity contribution is -0.385. The lowest BCUT2D eigenvalue weighted by Crippen LogP contribution is -2.08. The molecular weight excluding hydrogens is 306 g/mol. The van der Waals surface area contributed by atoms with E-state index in [4.69, 9.17) is 0 Å². The van der Waals surface area contributed by atoms with Crippen molar-refractivity contribution in [3.63, 3.8) is 0 Å². The first-order valence-corrected chi connectivity index (χ1v) is 8.33. The molecule has 0 aliphatic carbocycles. The summed E-state index contributed by atoms with van der Waals surface area (Å²) in [6.07, 6.45) is 2.34. The Labute approximate surface area is 128 Å². The Hall–Kier alpha value is -2.48. The van der Waals surface area contributed by atoms with Crippen molar-refractivity contribution in [2.24, 2.45) is 0 Å². The van der Waals surface area contributed by atoms with Crippen molar-refractivity contribution in [2.45, 2.75) is 17.9 Å². The molecule has 8 heteroatoms. The highest BCUT2D eigenvalue weighted by Gasteiger charge is 2.11. The molecule has 1 atom stereocenters. The summed E-state index contributed by atoms with van der Waals surface area (Å²) in [5.41, 5.74) is 0.809. The molecule has 0 aliphatic heterocycles. The van der Waals surface area contributed by atoms with Crippen LogP contribution >= 0.6 is 0 Å². The molecule has 0 unspecified atom stereocenters. The first-order chi connectivity index (χ1) is 10.3. The molecule has 22 heavy (non-hydrogen) atoms. The van der Waals surface area contributed by atoms with Crippen molar-refractivity contribution >= 4 is 21.3 Å². The molecule has 0 bridgehead atoms. The number of anilines is 1. The van der Waals surface area contributed by atoms with Crippen LogP contribution in [0.15, 0.2) is 47.5 Å². The van der Waals surface area contributed by atoms with Crippen LogP contribution in [-0.4, -0.2) is 24.6 Å². The number of pyridine rings is 1. The van der Waals surface area contributed by atoms with Gasteiger partial charge < -0.3 is 5.32 Å². The summed E-state index contributed by atoms with van der Waals surface area (Å²) in [7, 11) is -3.21. The quantitative estimate of drug-likeness (QED) is 0.670. The van der Waals surface area contributed by atoms with Crippen LogP contribution in [0.1, 0.15) is 18.5 Å². The van der Waals surface area contributed by atoms with E-state index < -0.39 is 14.8 Å². The van der Waals surface area contributed by atoms with Crippen molar-refractivity contribution in [2.75, 3.05) is 11.6 Å². The number of nitrogens with one attached hydrogen (secondary N) is 1. The number of hydrogen-bond donors (Lipinski definition) is 1. The lowest BCUT2D eigenvalue weighted by Gasteiger charge is -2.15. The van der Waals surface area contributed by atoms with Crippen LogP contribution < -0.4 is 5.32 Å². The summed E-state index contributed by atoms with van der Waals surface area (Å²) in [5.74, 6) is 0.505. The minimum atomic E-state index is -3.21. The van der Waals surface area contributed by atoms with Crippen molar-refractivity contribution in [3.05, 3.63) is 58.3 Å². The van der Waals surface area contributed by atoms with E-state index in [1.165, 1.54) is 18.3 Å². The minimum absolute atomic E-state index is 0.0734. The summed E-state index contributed by atoms with van der Waals surface area (Å²) in [4.78, 5) is 14.3. The molecule has 0 amide bonds. The molecule has 1 aromatic carbocycles. The maximum absolute atomic E-state index is 11.4. The molecular formula is C14H15N3O4S. The van der Waals surface area contributed by atoms with Gasteiger partial charge in [-0.1, -0.05) is 12.1 Å². The van der Waals surface area contributed by atoms with Gasteiger partial charge in [-0.3, -0.25) is 10.1 Å². The van der Waals surface area contributed by atoms with Crippen LogP contribution in [0.3, 0.4) is 0 Å². The fraction of sp³-hybridized carbons (Fsp3) is 0.214. The SMILES string of the molecule is C[C@@H](Nc1ccc([N+](=O)[O-])cn1)c1ccc(S(C)(=O)=O)cc1. The molecule has 0 saturated carbocycles. The number of hydrogen-bond acceptors (Lipinski definition) is 6. The van der Waals surface area contributed by atoms with Gasteiger partial charge in [0.2, 0.25) is 0 Å². The Morgan fingerprint density at radius 1 is 1.18 bits per heavy atom. The van der Waals surface area contributed by atoms with E-state index in [1.54, 1.807) is 24.3 Å². The molecule has 1 aromatic heterocycles. The second-order valence-electron chi connectivity index (χ2n) is 4.87. The highest BCUT2D eigenvalue weighted by molar-refractivity contribution is 7.90. The van der Waals surface area contributed by atoms with Gasteiger partial charge in [0.05, 0.1) is 9.82 Å². The molecule has 0 radical (unpaired) electrons. The van der Waals surface area contributed by atoms with Crippen molar-refractivity contribution in [3.8, 4) is 0 Å². The summed E-state index contributed by atoms with van der Waals surface area (Å²) in [5, 5.41) is 13.7. The minimum Gasteiger partial charge on any atom is -0.364 e. The second-order valence-corrected chi connectivity index (χ2v) is 6.88. The van der Waals surface area contributed by atoms with Gasteiger partial charge in [-0.15, -0.1) is 0 Å². The van der Waals surface area contributed by atoms with Gasteiger partial charge in [-0.2, -0.15) is 0 Å². The van der Waals surface area contributed by atoms with Crippen molar-refractivity contribution < 1.29 is 13.3 Å². The maximum Gasteiger partial charge on any atom is 0.287 e. The number of sulfone groups is 1. The molecule has 0 aliphatic rings. The van der Waals surface area contributed by atoms with Gasteiger partial charge >= 0.3 is 0 Å². The van der Waals surface area contributed by atoms with Gasteiger partial charge in [0.1, 0.15) is 12.0 Å². The van der Waals surface area contributed by atoms with Gasteiger partial charge in [-0.25, -0.2) is 13.4 Å². The Morgan fingerprint density at radius 3 is 2.27 bits per heavy atom. The van der Waals surface area contributed by atoms with Crippen molar-refractivity contribution in [1.29, 1.82) is 0 Å². The monoisotopic (exact) mass is 321 g/mol. The van der Waals surface area contributed by atoms with E-state index in [-0.39, 0.29) is 16.6 Å².